The summed E-state index contributed by atoms with van der Waals surface area (Å²) in [6.07, 6.45) is 0. The minimum Gasteiger partial charge on any atom is -0.383 e. The van der Waals surface area contributed by atoms with Gasteiger partial charge in [0.05, 0.1) is 12.1 Å². The number of ether oxygens (including phenoxy) is 1. The molecule has 35 heavy (non-hydrogen) atoms. The van der Waals surface area contributed by atoms with Crippen molar-refractivity contribution in [2.45, 2.75) is 19.5 Å². The molecular weight excluding hydrogens is 449 g/mol. The number of carbonyl (C=O) groups excluding carboxylic acids is 2. The summed E-state index contributed by atoms with van der Waals surface area (Å²) in [6, 6.07) is 19.3. The molecule has 0 saturated carbocycles. The van der Waals surface area contributed by atoms with Crippen LogP contribution in [0.1, 0.15) is 17.2 Å². The van der Waals surface area contributed by atoms with E-state index in [1.54, 1.807) is 0 Å². The molecule has 180 valence electrons. The Morgan fingerprint density at radius 3 is 2.51 bits per heavy atom. The molecule has 1 unspecified atom stereocenters. The van der Waals surface area contributed by atoms with Crippen LogP contribution < -0.4 is 5.32 Å². The standard InChI is InChI=1S/C26H26FN5O3/c1-18-7-3-4-8-21(18)25(26(34)28-20-13-11-19(27)12-14-20)31(15-16-35-2)24(33)17-32-23-10-6-5-9-22(23)29-30-32/h3-14,25H,15-17H2,1-2H3,(H,28,34). The van der Waals surface area contributed by atoms with Crippen LogP contribution in [0.3, 0.4) is 0 Å². The Balaban J connectivity index is 1.69. The van der Waals surface area contributed by atoms with Crippen molar-refractivity contribution in [3.63, 3.8) is 0 Å². The summed E-state index contributed by atoms with van der Waals surface area (Å²) in [4.78, 5) is 28.7. The van der Waals surface area contributed by atoms with Gasteiger partial charge in [-0.2, -0.15) is 0 Å². The van der Waals surface area contributed by atoms with Crippen LogP contribution in [0.25, 0.3) is 11.0 Å². The van der Waals surface area contributed by atoms with Crippen molar-refractivity contribution in [3.05, 3.63) is 89.7 Å². The van der Waals surface area contributed by atoms with Gasteiger partial charge >= 0.3 is 0 Å². The maximum Gasteiger partial charge on any atom is 0.251 e. The van der Waals surface area contributed by atoms with Gasteiger partial charge in [0.2, 0.25) is 5.91 Å². The van der Waals surface area contributed by atoms with Crippen molar-refractivity contribution in [1.82, 2.24) is 19.9 Å². The molecule has 1 atom stereocenters. The summed E-state index contributed by atoms with van der Waals surface area (Å²) < 4.78 is 20.1. The maximum atomic E-state index is 13.6. The van der Waals surface area contributed by atoms with Crippen LogP contribution >= 0.6 is 0 Å². The van der Waals surface area contributed by atoms with E-state index in [-0.39, 0.29) is 25.6 Å². The molecule has 2 amide bonds. The van der Waals surface area contributed by atoms with E-state index in [1.807, 2.05) is 55.5 Å². The fourth-order valence-electron chi connectivity index (χ4n) is 3.93. The third-order valence-electron chi connectivity index (χ3n) is 5.72. The summed E-state index contributed by atoms with van der Waals surface area (Å²) in [5.41, 5.74) is 3.36. The molecule has 9 heteroatoms. The Kier molecular flexibility index (Phi) is 7.47. The molecule has 4 rings (SSSR count). The van der Waals surface area contributed by atoms with Crippen molar-refractivity contribution in [3.8, 4) is 0 Å². The van der Waals surface area contributed by atoms with Gasteiger partial charge in [0.15, 0.2) is 0 Å². The van der Waals surface area contributed by atoms with Gasteiger partial charge < -0.3 is 15.0 Å². The first-order valence-electron chi connectivity index (χ1n) is 11.2. The summed E-state index contributed by atoms with van der Waals surface area (Å²) in [6.45, 7) is 2.20. The Morgan fingerprint density at radius 2 is 1.77 bits per heavy atom. The van der Waals surface area contributed by atoms with Crippen molar-refractivity contribution >= 4 is 28.5 Å². The lowest BCUT2D eigenvalue weighted by molar-refractivity contribution is -0.140. The smallest absolute Gasteiger partial charge is 0.251 e. The molecule has 0 radical (unpaired) electrons. The molecule has 4 aromatic rings. The fraction of sp³-hybridized carbons (Fsp3) is 0.231. The average Bonchev–Trinajstić information content (AvgIpc) is 3.26. The molecule has 0 fully saturated rings. The zero-order chi connectivity index (χ0) is 24.8. The van der Waals surface area contributed by atoms with Gasteiger partial charge in [0.1, 0.15) is 23.9 Å². The van der Waals surface area contributed by atoms with E-state index in [1.165, 1.54) is 41.0 Å². The molecular formula is C26H26FN5O3. The van der Waals surface area contributed by atoms with Crippen molar-refractivity contribution in [1.29, 1.82) is 0 Å². The van der Waals surface area contributed by atoms with Gasteiger partial charge in [-0.15, -0.1) is 5.10 Å². The lowest BCUT2D eigenvalue weighted by atomic mass is 9.98. The molecule has 0 saturated heterocycles. The number of carbonyl (C=O) groups is 2. The maximum absolute atomic E-state index is 13.6. The summed E-state index contributed by atoms with van der Waals surface area (Å²) in [7, 11) is 1.54. The van der Waals surface area contributed by atoms with Crippen LogP contribution in [-0.2, 0) is 20.9 Å². The zero-order valence-electron chi connectivity index (χ0n) is 19.5. The molecule has 3 aromatic carbocycles. The van der Waals surface area contributed by atoms with Crippen molar-refractivity contribution < 1.29 is 18.7 Å². The highest BCUT2D eigenvalue weighted by molar-refractivity contribution is 5.98. The van der Waals surface area contributed by atoms with E-state index < -0.39 is 17.8 Å². The van der Waals surface area contributed by atoms with Crippen LogP contribution in [-0.4, -0.2) is 52.0 Å². The number of benzene rings is 3. The van der Waals surface area contributed by atoms with Gasteiger partial charge in [-0.05, 0) is 54.4 Å². The van der Waals surface area contributed by atoms with E-state index in [2.05, 4.69) is 15.6 Å². The fourth-order valence-corrected chi connectivity index (χ4v) is 3.93. The predicted octanol–water partition coefficient (Wildman–Crippen LogP) is 3.73. The number of hydrogen-bond donors (Lipinski definition) is 1. The minimum absolute atomic E-state index is 0.101. The highest BCUT2D eigenvalue weighted by Crippen LogP contribution is 2.27. The highest BCUT2D eigenvalue weighted by Gasteiger charge is 2.32. The van der Waals surface area contributed by atoms with Crippen molar-refractivity contribution in [2.75, 3.05) is 25.6 Å². The first-order valence-corrected chi connectivity index (χ1v) is 11.2. The second-order valence-corrected chi connectivity index (χ2v) is 8.07. The van der Waals surface area contributed by atoms with E-state index in [0.717, 1.165) is 11.1 Å². The number of anilines is 1. The van der Waals surface area contributed by atoms with Gasteiger partial charge in [0.25, 0.3) is 5.91 Å². The SMILES string of the molecule is COCCN(C(=O)Cn1nnc2ccccc21)C(C(=O)Nc1ccc(F)cc1)c1ccccc1C. The Hall–Kier alpha value is -4.11. The first kappa shape index (κ1) is 24.0. The number of methoxy groups -OCH3 is 1. The highest BCUT2D eigenvalue weighted by atomic mass is 19.1. The minimum atomic E-state index is -0.946. The van der Waals surface area contributed by atoms with E-state index >= 15 is 0 Å². The van der Waals surface area contributed by atoms with Crippen LogP contribution in [0.15, 0.2) is 72.8 Å². The molecule has 1 heterocycles. The third kappa shape index (κ3) is 5.52. The molecule has 0 aliphatic rings. The summed E-state index contributed by atoms with van der Waals surface area (Å²) >= 11 is 0. The second-order valence-electron chi connectivity index (χ2n) is 8.07. The lowest BCUT2D eigenvalue weighted by Crippen LogP contribution is -2.44. The summed E-state index contributed by atoms with van der Waals surface area (Å²) in [5.74, 6) is -1.14. The number of nitrogens with zero attached hydrogens (tertiary/aromatic N) is 4. The van der Waals surface area contributed by atoms with E-state index in [4.69, 9.17) is 4.74 Å². The predicted molar refractivity (Wildman–Crippen MR) is 130 cm³/mol. The molecule has 0 bridgehead atoms. The molecule has 0 aliphatic carbocycles. The number of amides is 2. The normalized spacial score (nSPS) is 11.9. The molecule has 0 aliphatic heterocycles. The number of nitrogens with one attached hydrogen (secondary N) is 1. The average molecular weight is 476 g/mol. The first-order chi connectivity index (χ1) is 17.0. The van der Waals surface area contributed by atoms with Crippen LogP contribution in [0.5, 0.6) is 0 Å². The zero-order valence-corrected chi connectivity index (χ0v) is 19.5. The van der Waals surface area contributed by atoms with Gasteiger partial charge in [-0.25, -0.2) is 9.07 Å². The molecule has 1 N–H and O–H groups in total. The van der Waals surface area contributed by atoms with E-state index in [0.29, 0.717) is 16.8 Å². The van der Waals surface area contributed by atoms with Crippen LogP contribution in [0, 0.1) is 12.7 Å². The number of aromatic nitrogens is 3. The Bertz CT molecular complexity index is 1320. The number of aryl methyl sites for hydroxylation is 1. The lowest BCUT2D eigenvalue weighted by Gasteiger charge is -2.32. The van der Waals surface area contributed by atoms with Crippen LogP contribution in [0.2, 0.25) is 0 Å². The second kappa shape index (κ2) is 10.9. The van der Waals surface area contributed by atoms with E-state index in [9.17, 15) is 14.0 Å². The topological polar surface area (TPSA) is 89.3 Å². The Morgan fingerprint density at radius 1 is 1.06 bits per heavy atom. The van der Waals surface area contributed by atoms with Gasteiger partial charge in [-0.1, -0.05) is 41.6 Å². The van der Waals surface area contributed by atoms with Gasteiger partial charge in [-0.3, -0.25) is 9.59 Å². The number of hydrogen-bond acceptors (Lipinski definition) is 5. The molecule has 1 aromatic heterocycles. The van der Waals surface area contributed by atoms with Crippen LogP contribution in [0.4, 0.5) is 10.1 Å². The monoisotopic (exact) mass is 475 g/mol. The summed E-state index contributed by atoms with van der Waals surface area (Å²) in [5, 5.41) is 11.1. The van der Waals surface area contributed by atoms with Crippen molar-refractivity contribution in [2.24, 2.45) is 0 Å². The Labute approximate surface area is 202 Å². The number of rotatable bonds is 9. The largest absolute Gasteiger partial charge is 0.383 e. The number of halogens is 1. The third-order valence-corrected chi connectivity index (χ3v) is 5.72. The van der Waals surface area contributed by atoms with Gasteiger partial charge in [0, 0.05) is 19.3 Å². The number of para-hydroxylation sites is 1. The molecule has 0 spiro atoms. The molecule has 8 nitrogen and oxygen atoms in total. The quantitative estimate of drug-likeness (QED) is 0.398. The number of fused-ring (bicyclic) bond motifs is 1.